The quantitative estimate of drug-likeness (QED) is 0.172. The van der Waals surface area contributed by atoms with Crippen LogP contribution in [-0.2, 0) is 0 Å². The summed E-state index contributed by atoms with van der Waals surface area (Å²) in [5, 5.41) is 6.99. The number of benzene rings is 9. The predicted molar refractivity (Wildman–Crippen MR) is 231 cm³/mol. The van der Waals surface area contributed by atoms with E-state index in [1.807, 2.05) is 0 Å². The average Bonchev–Trinajstić information content (AvgIpc) is 3.81. The summed E-state index contributed by atoms with van der Waals surface area (Å²) in [5.41, 5.74) is 12.9. The summed E-state index contributed by atoms with van der Waals surface area (Å²) in [5.74, 6) is 0. The Balaban J connectivity index is 1.25. The van der Waals surface area contributed by atoms with Crippen molar-refractivity contribution in [3.8, 4) is 27.9 Å². The lowest BCUT2D eigenvalue weighted by Crippen LogP contribution is -2.10. The normalized spacial score (nSPS) is 11.6. The number of hydrogen-bond acceptors (Lipinski definition) is 2. The van der Waals surface area contributed by atoms with Crippen LogP contribution in [0.2, 0.25) is 0 Å². The molecule has 0 aliphatic rings. The Labute approximate surface area is 318 Å². The van der Waals surface area contributed by atoms with Crippen LogP contribution in [0, 0.1) is 0 Å². The third kappa shape index (κ3) is 5.05. The second-order valence-corrected chi connectivity index (χ2v) is 14.1. The number of para-hydroxylation sites is 4. The molecule has 11 aromatic rings. The minimum atomic E-state index is 0.875. The monoisotopic (exact) mass is 702 g/mol. The molecular formula is C52H34N2O. The van der Waals surface area contributed by atoms with Crippen molar-refractivity contribution in [1.82, 2.24) is 4.57 Å². The lowest BCUT2D eigenvalue weighted by molar-refractivity contribution is 0.670. The van der Waals surface area contributed by atoms with Crippen LogP contribution in [0.5, 0.6) is 0 Å². The number of furan rings is 1. The number of nitrogens with zero attached hydrogens (tertiary/aromatic N) is 2. The van der Waals surface area contributed by atoms with Crippen molar-refractivity contribution in [2.24, 2.45) is 0 Å². The molecule has 0 saturated carbocycles. The molecule has 11 rings (SSSR count). The van der Waals surface area contributed by atoms with Crippen LogP contribution >= 0.6 is 0 Å². The predicted octanol–water partition coefficient (Wildman–Crippen LogP) is 14.6. The maximum absolute atomic E-state index is 7.00. The third-order valence-electron chi connectivity index (χ3n) is 11.0. The minimum Gasteiger partial charge on any atom is -0.455 e. The number of rotatable bonds is 6. The van der Waals surface area contributed by atoms with Gasteiger partial charge >= 0.3 is 0 Å². The highest BCUT2D eigenvalue weighted by Crippen LogP contribution is 2.47. The first-order valence-corrected chi connectivity index (χ1v) is 18.8. The molecule has 0 spiro atoms. The van der Waals surface area contributed by atoms with E-state index in [2.05, 4.69) is 216 Å². The van der Waals surface area contributed by atoms with E-state index in [0.717, 1.165) is 61.3 Å². The average molecular weight is 703 g/mol. The first-order valence-electron chi connectivity index (χ1n) is 18.8. The Morgan fingerprint density at radius 3 is 1.84 bits per heavy atom. The van der Waals surface area contributed by atoms with Crippen molar-refractivity contribution >= 4 is 71.6 Å². The molecule has 0 aliphatic carbocycles. The molecule has 0 bridgehead atoms. The van der Waals surface area contributed by atoms with Gasteiger partial charge in [-0.15, -0.1) is 0 Å². The van der Waals surface area contributed by atoms with E-state index in [4.69, 9.17) is 4.42 Å². The molecule has 0 amide bonds. The molecule has 0 saturated heterocycles. The van der Waals surface area contributed by atoms with E-state index in [1.54, 1.807) is 0 Å². The van der Waals surface area contributed by atoms with E-state index >= 15 is 0 Å². The Morgan fingerprint density at radius 1 is 0.400 bits per heavy atom. The zero-order valence-corrected chi connectivity index (χ0v) is 29.9. The van der Waals surface area contributed by atoms with Gasteiger partial charge in [0, 0.05) is 55.4 Å². The molecule has 0 N–H and O–H groups in total. The molecule has 0 atom stereocenters. The Kier molecular flexibility index (Phi) is 7.17. The first-order chi connectivity index (χ1) is 27.3. The van der Waals surface area contributed by atoms with Gasteiger partial charge in [-0.1, -0.05) is 146 Å². The van der Waals surface area contributed by atoms with Crippen LogP contribution in [0.3, 0.4) is 0 Å². The number of fused-ring (bicyclic) bond motifs is 8. The molecule has 0 fully saturated rings. The molecule has 0 unspecified atom stereocenters. The van der Waals surface area contributed by atoms with Crippen molar-refractivity contribution in [3.05, 3.63) is 206 Å². The second-order valence-electron chi connectivity index (χ2n) is 14.1. The highest BCUT2D eigenvalue weighted by Gasteiger charge is 2.24. The summed E-state index contributed by atoms with van der Waals surface area (Å²) in [4.78, 5) is 2.37. The van der Waals surface area contributed by atoms with Crippen LogP contribution in [-0.4, -0.2) is 4.57 Å². The van der Waals surface area contributed by atoms with Gasteiger partial charge in [-0.3, -0.25) is 0 Å². The van der Waals surface area contributed by atoms with Crippen LogP contribution in [0.4, 0.5) is 17.1 Å². The Hall–Kier alpha value is -7.36. The molecule has 258 valence electrons. The van der Waals surface area contributed by atoms with Gasteiger partial charge in [0.1, 0.15) is 11.2 Å². The van der Waals surface area contributed by atoms with E-state index in [9.17, 15) is 0 Å². The Morgan fingerprint density at radius 2 is 1.04 bits per heavy atom. The number of hydrogen-bond donors (Lipinski definition) is 0. The molecule has 0 radical (unpaired) electrons. The third-order valence-corrected chi connectivity index (χ3v) is 11.0. The van der Waals surface area contributed by atoms with E-state index in [-0.39, 0.29) is 0 Å². The van der Waals surface area contributed by atoms with Crippen molar-refractivity contribution in [2.75, 3.05) is 4.90 Å². The summed E-state index contributed by atoms with van der Waals surface area (Å²) < 4.78 is 9.41. The van der Waals surface area contributed by atoms with Crippen molar-refractivity contribution in [2.45, 2.75) is 0 Å². The van der Waals surface area contributed by atoms with Gasteiger partial charge in [0.25, 0.3) is 0 Å². The zero-order valence-electron chi connectivity index (χ0n) is 29.9. The van der Waals surface area contributed by atoms with Crippen molar-refractivity contribution in [1.29, 1.82) is 0 Å². The van der Waals surface area contributed by atoms with Gasteiger partial charge in [-0.2, -0.15) is 0 Å². The molecule has 3 heteroatoms. The smallest absolute Gasteiger partial charge is 0.143 e. The number of aromatic nitrogens is 1. The topological polar surface area (TPSA) is 21.3 Å². The molecule has 3 nitrogen and oxygen atoms in total. The maximum atomic E-state index is 7.00. The lowest BCUT2D eigenvalue weighted by atomic mass is 9.96. The first kappa shape index (κ1) is 31.2. The molecule has 55 heavy (non-hydrogen) atoms. The van der Waals surface area contributed by atoms with E-state index < -0.39 is 0 Å². The Bertz CT molecular complexity index is 3180. The van der Waals surface area contributed by atoms with E-state index in [1.165, 1.54) is 38.2 Å². The van der Waals surface area contributed by atoms with Crippen LogP contribution in [0.15, 0.2) is 211 Å². The van der Waals surface area contributed by atoms with Crippen molar-refractivity contribution in [3.63, 3.8) is 0 Å². The summed E-state index contributed by atoms with van der Waals surface area (Å²) >= 11 is 0. The number of anilines is 3. The summed E-state index contributed by atoms with van der Waals surface area (Å²) in [6, 6.07) is 73.8. The van der Waals surface area contributed by atoms with Gasteiger partial charge in [-0.05, 0) is 82.6 Å². The standard InChI is InChI=1S/C52H34N2O/c1-4-15-35(16-5-1)36-27-30-40(31-28-36)53(38-18-6-2-7-19-38)41-33-46(52-47(34-41)50-42-22-11-10-17-37(42)29-32-49(50)55-52)45-25-14-24-44-43-23-12-13-26-48(43)54(51(44)45)39-20-8-3-9-21-39/h1-34H. The molecule has 9 aromatic carbocycles. The summed E-state index contributed by atoms with van der Waals surface area (Å²) in [7, 11) is 0. The summed E-state index contributed by atoms with van der Waals surface area (Å²) in [6.45, 7) is 0. The van der Waals surface area contributed by atoms with Crippen LogP contribution < -0.4 is 4.90 Å². The SMILES string of the molecule is c1ccc(-c2ccc(N(c3ccccc3)c3cc(-c4cccc5c6ccccc6n(-c6ccccc6)c45)c4oc5ccc6ccccc6c5c4c3)cc2)cc1. The fourth-order valence-corrected chi connectivity index (χ4v) is 8.50. The van der Waals surface area contributed by atoms with Gasteiger partial charge < -0.3 is 13.9 Å². The van der Waals surface area contributed by atoms with Crippen LogP contribution in [0.25, 0.3) is 82.5 Å². The van der Waals surface area contributed by atoms with E-state index in [0.29, 0.717) is 0 Å². The molecular weight excluding hydrogens is 669 g/mol. The van der Waals surface area contributed by atoms with Crippen molar-refractivity contribution < 1.29 is 4.42 Å². The maximum Gasteiger partial charge on any atom is 0.143 e. The van der Waals surface area contributed by atoms with Gasteiger partial charge in [0.05, 0.1) is 11.0 Å². The molecule has 2 heterocycles. The molecule has 0 aliphatic heterocycles. The second kappa shape index (κ2) is 12.6. The minimum absolute atomic E-state index is 0.875. The van der Waals surface area contributed by atoms with Gasteiger partial charge in [-0.25, -0.2) is 0 Å². The largest absolute Gasteiger partial charge is 0.455 e. The van der Waals surface area contributed by atoms with Gasteiger partial charge in [0.2, 0.25) is 0 Å². The van der Waals surface area contributed by atoms with Crippen LogP contribution in [0.1, 0.15) is 0 Å². The lowest BCUT2D eigenvalue weighted by Gasteiger charge is -2.26. The van der Waals surface area contributed by atoms with Gasteiger partial charge in [0.15, 0.2) is 0 Å². The highest BCUT2D eigenvalue weighted by atomic mass is 16.3. The fourth-order valence-electron chi connectivity index (χ4n) is 8.50. The fraction of sp³-hybridized carbons (Fsp3) is 0. The zero-order chi connectivity index (χ0) is 36.3. The molecule has 2 aromatic heterocycles. The highest BCUT2D eigenvalue weighted by molar-refractivity contribution is 6.23. The summed E-state index contributed by atoms with van der Waals surface area (Å²) in [6.07, 6.45) is 0.